The maximum atomic E-state index is 13.1. The van der Waals surface area contributed by atoms with Gasteiger partial charge in [-0.25, -0.2) is 9.59 Å². The van der Waals surface area contributed by atoms with Crippen molar-refractivity contribution >= 4 is 29.5 Å². The molecule has 1 aliphatic rings. The minimum absolute atomic E-state index is 0. The summed E-state index contributed by atoms with van der Waals surface area (Å²) in [5.41, 5.74) is 5.10. The number of para-hydroxylation sites is 2. The van der Waals surface area contributed by atoms with Gasteiger partial charge in [0.25, 0.3) is 0 Å². The van der Waals surface area contributed by atoms with Crippen LogP contribution < -0.4 is 10.4 Å². The number of aromatic amines is 1. The number of hydrogen-bond donors (Lipinski definition) is 1. The molecule has 0 saturated carbocycles. The number of rotatable bonds is 11. The van der Waals surface area contributed by atoms with Crippen molar-refractivity contribution in [3.05, 3.63) is 136 Å². The maximum absolute atomic E-state index is 13.1. The molecule has 1 aromatic heterocycles. The molecule has 9 heteroatoms. The number of nitrogens with zero attached hydrogens (tertiary/aromatic N) is 3. The third-order valence-electron chi connectivity index (χ3n) is 8.54. The molecule has 46 heavy (non-hydrogen) atoms. The Morgan fingerprint density at radius 3 is 2.22 bits per heavy atom. The fourth-order valence-electron chi connectivity index (χ4n) is 6.03. The molecule has 5 aromatic rings. The quantitative estimate of drug-likeness (QED) is 0.165. The van der Waals surface area contributed by atoms with Crippen LogP contribution in [0.25, 0.3) is 11.0 Å². The summed E-state index contributed by atoms with van der Waals surface area (Å²) in [5, 5.41) is 0. The van der Waals surface area contributed by atoms with Crippen molar-refractivity contribution in [3.8, 4) is 5.75 Å². The molecule has 1 saturated heterocycles. The van der Waals surface area contributed by atoms with E-state index in [0.29, 0.717) is 39.1 Å². The summed E-state index contributed by atoms with van der Waals surface area (Å²) in [5.74, 6) is 0.827. The standard InChI is InChI=1S/C37H40N4O4.ClH/c1-28(26-45-37(43)39-21-19-32(20-22-39)41-35-18-9-8-17-34(35)38-36(41)42)40(24-29-11-4-2-5-12-29)25-31-15-10-16-33(23-31)44-27-30-13-6-3-7-14-30;/h2-18,23,28,32H,19-22,24-27H2,1H3,(H,38,42);1H. The second-order valence-electron chi connectivity index (χ2n) is 11.8. The molecule has 0 bridgehead atoms. The van der Waals surface area contributed by atoms with Crippen LogP contribution in [0.2, 0.25) is 0 Å². The number of carbonyl (C=O) groups is 1. The normalized spacial score (nSPS) is 14.2. The lowest BCUT2D eigenvalue weighted by atomic mass is 10.0. The Kier molecular flexibility index (Phi) is 11.2. The first-order valence-corrected chi connectivity index (χ1v) is 15.7. The highest BCUT2D eigenvalue weighted by Gasteiger charge is 2.27. The third kappa shape index (κ3) is 8.19. The second kappa shape index (κ2) is 15.7. The van der Waals surface area contributed by atoms with Gasteiger partial charge in [-0.15, -0.1) is 12.4 Å². The van der Waals surface area contributed by atoms with E-state index in [-0.39, 0.29) is 42.9 Å². The number of H-pyrrole nitrogens is 1. The maximum Gasteiger partial charge on any atom is 0.409 e. The first kappa shape index (κ1) is 32.9. The van der Waals surface area contributed by atoms with E-state index in [1.807, 2.05) is 77.4 Å². The Morgan fingerprint density at radius 2 is 1.48 bits per heavy atom. The fraction of sp³-hybridized carbons (Fsp3) is 0.297. The molecule has 1 amide bonds. The summed E-state index contributed by atoms with van der Waals surface area (Å²) < 4.78 is 13.8. The Bertz CT molecular complexity index is 1750. The van der Waals surface area contributed by atoms with Gasteiger partial charge in [0.1, 0.15) is 19.0 Å². The van der Waals surface area contributed by atoms with Crippen LogP contribution in [-0.2, 0) is 24.4 Å². The van der Waals surface area contributed by atoms with Gasteiger partial charge in [-0.05, 0) is 60.7 Å². The molecule has 1 fully saturated rings. The molecule has 1 aliphatic heterocycles. The topological polar surface area (TPSA) is 79.8 Å². The number of fused-ring (bicyclic) bond motifs is 1. The molecule has 0 aliphatic carbocycles. The van der Waals surface area contributed by atoms with Crippen molar-refractivity contribution in [1.82, 2.24) is 19.4 Å². The number of amides is 1. The lowest BCUT2D eigenvalue weighted by Crippen LogP contribution is -2.42. The van der Waals surface area contributed by atoms with Crippen LogP contribution in [0.4, 0.5) is 4.79 Å². The molecule has 0 spiro atoms. The van der Waals surface area contributed by atoms with Gasteiger partial charge in [-0.2, -0.15) is 0 Å². The van der Waals surface area contributed by atoms with Gasteiger partial charge in [0.05, 0.1) is 11.0 Å². The zero-order valence-electron chi connectivity index (χ0n) is 26.1. The van der Waals surface area contributed by atoms with E-state index in [9.17, 15) is 9.59 Å². The molecule has 1 unspecified atom stereocenters. The highest BCUT2D eigenvalue weighted by atomic mass is 35.5. The molecular formula is C37H41ClN4O4. The van der Waals surface area contributed by atoms with Gasteiger partial charge in [-0.1, -0.05) is 84.9 Å². The van der Waals surface area contributed by atoms with E-state index in [4.69, 9.17) is 9.47 Å². The number of imidazole rings is 1. The third-order valence-corrected chi connectivity index (χ3v) is 8.54. The minimum Gasteiger partial charge on any atom is -0.489 e. The Morgan fingerprint density at radius 1 is 0.848 bits per heavy atom. The van der Waals surface area contributed by atoms with Crippen LogP contribution >= 0.6 is 12.4 Å². The van der Waals surface area contributed by atoms with Gasteiger partial charge in [0.2, 0.25) is 0 Å². The van der Waals surface area contributed by atoms with Gasteiger partial charge in [0.15, 0.2) is 0 Å². The van der Waals surface area contributed by atoms with E-state index < -0.39 is 0 Å². The summed E-state index contributed by atoms with van der Waals surface area (Å²) in [6.45, 7) is 5.39. The molecule has 8 nitrogen and oxygen atoms in total. The smallest absolute Gasteiger partial charge is 0.409 e. The van der Waals surface area contributed by atoms with Gasteiger partial charge >= 0.3 is 11.8 Å². The molecular weight excluding hydrogens is 600 g/mol. The molecule has 6 rings (SSSR count). The molecule has 4 aromatic carbocycles. The summed E-state index contributed by atoms with van der Waals surface area (Å²) in [6, 6.07) is 36.5. The van der Waals surface area contributed by atoms with E-state index in [1.165, 1.54) is 5.56 Å². The first-order valence-electron chi connectivity index (χ1n) is 15.7. The van der Waals surface area contributed by atoms with E-state index >= 15 is 0 Å². The largest absolute Gasteiger partial charge is 0.489 e. The van der Waals surface area contributed by atoms with Gasteiger partial charge < -0.3 is 19.4 Å². The van der Waals surface area contributed by atoms with E-state index in [1.54, 1.807) is 4.90 Å². The summed E-state index contributed by atoms with van der Waals surface area (Å²) in [6.07, 6.45) is 1.10. The number of nitrogens with one attached hydrogen (secondary N) is 1. The summed E-state index contributed by atoms with van der Waals surface area (Å²) in [7, 11) is 0. The van der Waals surface area contributed by atoms with Gasteiger partial charge in [-0.3, -0.25) is 9.47 Å². The SMILES string of the molecule is CC(COC(=O)N1CCC(n2c(=O)[nH]c3ccccc32)CC1)N(Cc1ccccc1)Cc1cccc(OCc2ccccc2)c1.Cl. The molecule has 2 heterocycles. The highest BCUT2D eigenvalue weighted by molar-refractivity contribution is 5.85. The number of likely N-dealkylation sites (tertiary alicyclic amines) is 1. The zero-order chi connectivity index (χ0) is 31.0. The van der Waals surface area contributed by atoms with E-state index in [2.05, 4.69) is 53.2 Å². The van der Waals surface area contributed by atoms with Crippen LogP contribution in [0.1, 0.15) is 42.5 Å². The number of benzene rings is 4. The van der Waals surface area contributed by atoms with Crippen LogP contribution in [0.15, 0.2) is 114 Å². The first-order chi connectivity index (χ1) is 22.0. The molecule has 1 N–H and O–H groups in total. The van der Waals surface area contributed by atoms with Crippen molar-refractivity contribution < 1.29 is 14.3 Å². The van der Waals surface area contributed by atoms with Crippen molar-refractivity contribution in [2.24, 2.45) is 0 Å². The number of ether oxygens (including phenoxy) is 2. The summed E-state index contributed by atoms with van der Waals surface area (Å²) in [4.78, 5) is 32.8. The second-order valence-corrected chi connectivity index (χ2v) is 11.8. The molecule has 0 radical (unpaired) electrons. The number of piperidine rings is 1. The number of halogens is 1. The minimum atomic E-state index is -0.303. The van der Waals surface area contributed by atoms with Crippen molar-refractivity contribution in [3.63, 3.8) is 0 Å². The number of carbonyl (C=O) groups excluding carboxylic acids is 1. The van der Waals surface area contributed by atoms with Gasteiger partial charge in [0, 0.05) is 38.3 Å². The highest BCUT2D eigenvalue weighted by Crippen LogP contribution is 2.25. The summed E-state index contributed by atoms with van der Waals surface area (Å²) >= 11 is 0. The predicted octanol–water partition coefficient (Wildman–Crippen LogP) is 7.19. The zero-order valence-corrected chi connectivity index (χ0v) is 26.9. The predicted molar refractivity (Wildman–Crippen MR) is 183 cm³/mol. The number of hydrogen-bond acceptors (Lipinski definition) is 5. The monoisotopic (exact) mass is 640 g/mol. The average Bonchev–Trinajstić information content (AvgIpc) is 3.42. The number of aromatic nitrogens is 2. The lowest BCUT2D eigenvalue weighted by molar-refractivity contribution is 0.0567. The molecule has 1 atom stereocenters. The fourth-order valence-corrected chi connectivity index (χ4v) is 6.03. The van der Waals surface area contributed by atoms with Crippen molar-refractivity contribution in [2.75, 3.05) is 19.7 Å². The van der Waals surface area contributed by atoms with Crippen LogP contribution in [0, 0.1) is 0 Å². The van der Waals surface area contributed by atoms with E-state index in [0.717, 1.165) is 34.5 Å². The molecule has 240 valence electrons. The van der Waals surface area contributed by atoms with Crippen LogP contribution in [0.3, 0.4) is 0 Å². The Balaban J connectivity index is 0.00000417. The average molecular weight is 641 g/mol. The Hall–Kier alpha value is -4.53. The Labute approximate surface area is 276 Å². The van der Waals surface area contributed by atoms with Crippen molar-refractivity contribution in [2.45, 2.75) is 51.5 Å². The van der Waals surface area contributed by atoms with Crippen LogP contribution in [-0.4, -0.2) is 51.2 Å². The lowest BCUT2D eigenvalue weighted by Gasteiger charge is -2.33. The van der Waals surface area contributed by atoms with Crippen molar-refractivity contribution in [1.29, 1.82) is 0 Å². The van der Waals surface area contributed by atoms with Crippen LogP contribution in [0.5, 0.6) is 5.75 Å².